The van der Waals surface area contributed by atoms with Crippen LogP contribution in [0.3, 0.4) is 0 Å². The number of ether oxygens (including phenoxy) is 2. The molecule has 9 nitrogen and oxygen atoms in total. The lowest BCUT2D eigenvalue weighted by Gasteiger charge is -2.17. The number of nitrogens with one attached hydrogen (secondary N) is 2. The van der Waals surface area contributed by atoms with Gasteiger partial charge in [0.15, 0.2) is 0 Å². The Kier molecular flexibility index (Phi) is 10.2. The van der Waals surface area contributed by atoms with E-state index in [1.807, 2.05) is 60.8 Å². The van der Waals surface area contributed by atoms with Gasteiger partial charge in [0.2, 0.25) is 5.95 Å². The number of carbonyl (C=O) groups excluding carboxylic acids is 1. The number of hydrogen-bond acceptors (Lipinski definition) is 8. The predicted octanol–water partition coefficient (Wildman–Crippen LogP) is 5.79. The number of hydrogen-bond donors (Lipinski definition) is 2. The van der Waals surface area contributed by atoms with Crippen LogP contribution in [0, 0.1) is 0 Å². The van der Waals surface area contributed by atoms with Crippen LogP contribution < -0.4 is 20.1 Å². The van der Waals surface area contributed by atoms with E-state index in [1.54, 1.807) is 25.6 Å². The minimum Gasteiger partial charge on any atom is -0.497 e. The van der Waals surface area contributed by atoms with Crippen LogP contribution in [0.15, 0.2) is 78.3 Å². The summed E-state index contributed by atoms with van der Waals surface area (Å²) in [6.07, 6.45) is 4.49. The molecule has 0 aliphatic rings. The fourth-order valence-corrected chi connectivity index (χ4v) is 5.63. The van der Waals surface area contributed by atoms with E-state index in [4.69, 9.17) is 14.5 Å². The van der Waals surface area contributed by atoms with Crippen molar-refractivity contribution in [2.75, 3.05) is 46.2 Å². The number of thiophene rings is 1. The Bertz CT molecular complexity index is 1600. The first-order valence-corrected chi connectivity index (χ1v) is 15.3. The van der Waals surface area contributed by atoms with Crippen LogP contribution in [0.1, 0.15) is 27.3 Å². The van der Waals surface area contributed by atoms with Crippen LogP contribution in [0.25, 0.3) is 11.0 Å². The van der Waals surface area contributed by atoms with E-state index in [0.29, 0.717) is 29.6 Å². The van der Waals surface area contributed by atoms with Gasteiger partial charge in [0.05, 0.1) is 25.3 Å². The molecule has 5 aromatic rings. The van der Waals surface area contributed by atoms with E-state index < -0.39 is 0 Å². The Morgan fingerprint density at radius 2 is 1.81 bits per heavy atom. The highest BCUT2D eigenvalue weighted by atomic mass is 32.1. The first kappa shape index (κ1) is 30.1. The smallest absolute Gasteiger partial charge is 0.251 e. The number of rotatable bonds is 15. The minimum atomic E-state index is -0.102. The van der Waals surface area contributed by atoms with Gasteiger partial charge in [0.1, 0.15) is 11.5 Å². The van der Waals surface area contributed by atoms with Crippen molar-refractivity contribution in [1.29, 1.82) is 0 Å². The number of likely N-dealkylation sites (N-methyl/N-ethyl adjacent to an activating group) is 1. The van der Waals surface area contributed by atoms with Crippen molar-refractivity contribution in [2.24, 2.45) is 0 Å². The molecular formula is C33H38N6O3S. The maximum absolute atomic E-state index is 13.0. The molecule has 10 heteroatoms. The molecule has 3 aromatic heterocycles. The second kappa shape index (κ2) is 14.7. The molecule has 2 N–H and O–H groups in total. The van der Waals surface area contributed by atoms with Gasteiger partial charge in [0.25, 0.3) is 5.91 Å². The zero-order valence-electron chi connectivity index (χ0n) is 24.9. The molecular weight excluding hydrogens is 560 g/mol. The lowest BCUT2D eigenvalue weighted by Crippen LogP contribution is -2.25. The van der Waals surface area contributed by atoms with Gasteiger partial charge in [-0.25, -0.2) is 4.98 Å². The van der Waals surface area contributed by atoms with Crippen molar-refractivity contribution in [3.63, 3.8) is 0 Å². The molecule has 3 heterocycles. The topological polar surface area (TPSA) is 93.5 Å². The maximum atomic E-state index is 13.0. The van der Waals surface area contributed by atoms with Crippen molar-refractivity contribution < 1.29 is 14.3 Å². The van der Waals surface area contributed by atoms with Crippen molar-refractivity contribution in [3.05, 3.63) is 94.4 Å². The van der Waals surface area contributed by atoms with Crippen LogP contribution in [-0.4, -0.2) is 66.2 Å². The molecule has 0 saturated carbocycles. The van der Waals surface area contributed by atoms with Crippen LogP contribution in [0.4, 0.5) is 11.6 Å². The van der Waals surface area contributed by atoms with E-state index >= 15 is 0 Å². The van der Waals surface area contributed by atoms with Crippen LogP contribution in [-0.2, 0) is 19.4 Å². The standard InChI is InChI=1S/C33H38N6O3S/c1-38(18-13-25-8-4-5-14-34-25)16-7-17-39-31-11-10-24(32(40)35-15-12-29-9-6-19-43-29)20-30(31)37-33(39)36-26-21-27(41-2)23-28(22-26)42-3/h4-6,8-11,14,19-23H,7,12-13,15-18H2,1-3H3,(H,35,40)(H,36,37). The number of pyridine rings is 1. The van der Waals surface area contributed by atoms with Gasteiger partial charge in [-0.05, 0) is 68.2 Å². The van der Waals surface area contributed by atoms with E-state index in [-0.39, 0.29) is 5.91 Å². The average Bonchev–Trinajstić information content (AvgIpc) is 3.67. The third-order valence-electron chi connectivity index (χ3n) is 7.25. The van der Waals surface area contributed by atoms with Crippen molar-refractivity contribution in [1.82, 2.24) is 24.8 Å². The molecule has 0 unspecified atom stereocenters. The van der Waals surface area contributed by atoms with Gasteiger partial charge in [-0.3, -0.25) is 9.78 Å². The Morgan fingerprint density at radius 3 is 2.53 bits per heavy atom. The number of imidazole rings is 1. The second-order valence-corrected chi connectivity index (χ2v) is 11.4. The number of amides is 1. The molecule has 5 rings (SSSR count). The number of carbonyl (C=O) groups is 1. The van der Waals surface area contributed by atoms with Crippen LogP contribution in [0.5, 0.6) is 11.5 Å². The lowest BCUT2D eigenvalue weighted by atomic mass is 10.2. The third kappa shape index (κ3) is 8.12. The molecule has 0 spiro atoms. The van der Waals surface area contributed by atoms with Gasteiger partial charge < -0.3 is 29.6 Å². The predicted molar refractivity (Wildman–Crippen MR) is 173 cm³/mol. The second-order valence-electron chi connectivity index (χ2n) is 10.3. The van der Waals surface area contributed by atoms with Gasteiger partial charge in [-0.1, -0.05) is 12.1 Å². The van der Waals surface area contributed by atoms with Crippen LogP contribution in [0.2, 0.25) is 0 Å². The molecule has 0 radical (unpaired) electrons. The molecule has 0 aliphatic carbocycles. The highest BCUT2D eigenvalue weighted by Crippen LogP contribution is 2.30. The summed E-state index contributed by atoms with van der Waals surface area (Å²) in [5.41, 5.74) is 4.20. The summed E-state index contributed by atoms with van der Waals surface area (Å²) in [7, 11) is 5.40. The van der Waals surface area contributed by atoms with E-state index in [2.05, 4.69) is 49.6 Å². The Morgan fingerprint density at radius 1 is 0.977 bits per heavy atom. The number of aromatic nitrogens is 3. The minimum absolute atomic E-state index is 0.102. The number of methoxy groups -OCH3 is 2. The lowest BCUT2D eigenvalue weighted by molar-refractivity contribution is 0.0954. The summed E-state index contributed by atoms with van der Waals surface area (Å²) >= 11 is 1.70. The summed E-state index contributed by atoms with van der Waals surface area (Å²) in [6, 6.07) is 21.5. The Hall–Kier alpha value is -4.41. The monoisotopic (exact) mass is 598 g/mol. The molecule has 0 atom stereocenters. The molecule has 0 fully saturated rings. The molecule has 1 amide bonds. The summed E-state index contributed by atoms with van der Waals surface area (Å²) in [6.45, 7) is 3.19. The van der Waals surface area contributed by atoms with Gasteiger partial charge >= 0.3 is 0 Å². The van der Waals surface area contributed by atoms with Crippen molar-refractivity contribution in [2.45, 2.75) is 25.8 Å². The van der Waals surface area contributed by atoms with Gasteiger partial charge in [-0.2, -0.15) is 0 Å². The fraction of sp³-hybridized carbons (Fsp3) is 0.303. The molecule has 0 bridgehead atoms. The molecule has 43 heavy (non-hydrogen) atoms. The molecule has 2 aromatic carbocycles. The molecule has 224 valence electrons. The summed E-state index contributed by atoms with van der Waals surface area (Å²) in [4.78, 5) is 25.9. The van der Waals surface area contributed by atoms with Crippen molar-refractivity contribution in [3.8, 4) is 11.5 Å². The number of anilines is 2. The number of nitrogens with zero attached hydrogens (tertiary/aromatic N) is 4. The van der Waals surface area contributed by atoms with E-state index in [1.165, 1.54) is 4.88 Å². The SMILES string of the molecule is COc1cc(Nc2nc3cc(C(=O)NCCc4cccs4)ccc3n2CCCN(C)CCc2ccccn2)cc(OC)c1. The molecule has 0 aliphatic heterocycles. The maximum Gasteiger partial charge on any atom is 0.251 e. The van der Waals surface area contributed by atoms with Gasteiger partial charge in [0, 0.05) is 72.3 Å². The highest BCUT2D eigenvalue weighted by molar-refractivity contribution is 7.09. The fourth-order valence-electron chi connectivity index (χ4n) is 4.92. The Balaban J connectivity index is 1.32. The summed E-state index contributed by atoms with van der Waals surface area (Å²) in [5.74, 6) is 1.95. The number of fused-ring (bicyclic) bond motifs is 1. The first-order chi connectivity index (χ1) is 21.0. The Labute approximate surface area is 256 Å². The molecule has 0 saturated heterocycles. The average molecular weight is 599 g/mol. The third-order valence-corrected chi connectivity index (χ3v) is 8.19. The summed E-state index contributed by atoms with van der Waals surface area (Å²) < 4.78 is 13.1. The van der Waals surface area contributed by atoms with Crippen molar-refractivity contribution >= 4 is 39.9 Å². The van der Waals surface area contributed by atoms with Crippen LogP contribution >= 0.6 is 11.3 Å². The first-order valence-electron chi connectivity index (χ1n) is 14.4. The van der Waals surface area contributed by atoms with E-state index in [9.17, 15) is 4.79 Å². The number of benzene rings is 2. The quantitative estimate of drug-likeness (QED) is 0.158. The largest absolute Gasteiger partial charge is 0.497 e. The normalized spacial score (nSPS) is 11.2. The zero-order chi connectivity index (χ0) is 30.0. The highest BCUT2D eigenvalue weighted by Gasteiger charge is 2.15. The summed E-state index contributed by atoms with van der Waals surface area (Å²) in [5, 5.41) is 8.55. The van der Waals surface area contributed by atoms with E-state index in [0.717, 1.165) is 61.3 Å². The van der Waals surface area contributed by atoms with Gasteiger partial charge in [-0.15, -0.1) is 11.3 Å². The zero-order valence-corrected chi connectivity index (χ0v) is 25.7. The number of aryl methyl sites for hydroxylation is 1.